The number of hydrogen-bond donors (Lipinski definition) is 1. The lowest BCUT2D eigenvalue weighted by molar-refractivity contribution is 0.0933. The van der Waals surface area contributed by atoms with Crippen molar-refractivity contribution in [3.8, 4) is 0 Å². The number of carbonyl (C=O) groups excluding carboxylic acids is 1. The Bertz CT molecular complexity index is 436. The third-order valence-electron chi connectivity index (χ3n) is 3.39. The average Bonchev–Trinajstić information content (AvgIpc) is 2.27. The molecular weight excluding hydrogens is 248 g/mol. The summed E-state index contributed by atoms with van der Waals surface area (Å²) >= 11 is 0. The molecule has 0 aliphatic rings. The van der Waals surface area contributed by atoms with Crippen LogP contribution in [0.25, 0.3) is 0 Å². The normalized spacial score (nSPS) is 11.4. The fourth-order valence-electron chi connectivity index (χ4n) is 2.22. The summed E-state index contributed by atoms with van der Waals surface area (Å²) in [5.41, 5.74) is -0.118. The van der Waals surface area contributed by atoms with Crippen molar-refractivity contribution in [2.75, 3.05) is 6.54 Å². The number of rotatable bonds is 5. The Balaban J connectivity index is 2.69. The first-order valence-electron chi connectivity index (χ1n) is 6.56. The summed E-state index contributed by atoms with van der Waals surface area (Å²) in [5, 5.41) is 2.72. The zero-order chi connectivity index (χ0) is 14.6. The molecule has 0 atom stereocenters. The third-order valence-corrected chi connectivity index (χ3v) is 3.39. The van der Waals surface area contributed by atoms with Gasteiger partial charge in [0, 0.05) is 12.6 Å². The van der Waals surface area contributed by atoms with E-state index in [1.807, 2.05) is 0 Å². The van der Waals surface area contributed by atoms with Crippen molar-refractivity contribution in [1.29, 1.82) is 0 Å². The number of carbonyl (C=O) groups is 1. The molecule has 0 radical (unpaired) electrons. The van der Waals surface area contributed by atoms with Gasteiger partial charge in [-0.3, -0.25) is 4.79 Å². The standard InChI is InChI=1S/C15H21F2NO/c1-9(2)13(10(3)4)8-18-15(19)12-6-5-11(16)7-14(12)17/h5-7,9-10,13H,8H2,1-4H3,(H,18,19). The van der Waals surface area contributed by atoms with Crippen LogP contribution in [0.15, 0.2) is 18.2 Å². The number of amides is 1. The largest absolute Gasteiger partial charge is 0.352 e. The molecule has 1 aromatic carbocycles. The zero-order valence-corrected chi connectivity index (χ0v) is 11.8. The average molecular weight is 269 g/mol. The van der Waals surface area contributed by atoms with Gasteiger partial charge in [0.15, 0.2) is 0 Å². The molecule has 19 heavy (non-hydrogen) atoms. The van der Waals surface area contributed by atoms with E-state index >= 15 is 0 Å². The van der Waals surface area contributed by atoms with Crippen LogP contribution in [-0.2, 0) is 0 Å². The fraction of sp³-hybridized carbons (Fsp3) is 0.533. The number of benzene rings is 1. The van der Waals surface area contributed by atoms with E-state index in [-0.39, 0.29) is 5.56 Å². The summed E-state index contributed by atoms with van der Waals surface area (Å²) in [4.78, 5) is 11.9. The lowest BCUT2D eigenvalue weighted by Gasteiger charge is -2.25. The second-order valence-electron chi connectivity index (χ2n) is 5.49. The molecule has 0 saturated carbocycles. The Labute approximate surface area is 113 Å². The van der Waals surface area contributed by atoms with Gasteiger partial charge in [0.2, 0.25) is 0 Å². The molecular formula is C15H21F2NO. The van der Waals surface area contributed by atoms with Crippen LogP contribution in [-0.4, -0.2) is 12.5 Å². The van der Waals surface area contributed by atoms with Gasteiger partial charge >= 0.3 is 0 Å². The third kappa shape index (κ3) is 4.30. The van der Waals surface area contributed by atoms with Crippen LogP contribution >= 0.6 is 0 Å². The van der Waals surface area contributed by atoms with Crippen LogP contribution in [0.3, 0.4) is 0 Å². The van der Waals surface area contributed by atoms with E-state index in [9.17, 15) is 13.6 Å². The molecule has 0 bridgehead atoms. The summed E-state index contributed by atoms with van der Waals surface area (Å²) in [5.74, 6) is -0.826. The van der Waals surface area contributed by atoms with E-state index in [2.05, 4.69) is 33.0 Å². The second kappa shape index (κ2) is 6.64. The molecule has 1 aromatic rings. The summed E-state index contributed by atoms with van der Waals surface area (Å²) in [7, 11) is 0. The van der Waals surface area contributed by atoms with Crippen LogP contribution in [0, 0.1) is 29.4 Å². The predicted octanol–water partition coefficient (Wildman–Crippen LogP) is 3.62. The summed E-state index contributed by atoms with van der Waals surface area (Å²) in [6.45, 7) is 8.86. The molecule has 1 N–H and O–H groups in total. The topological polar surface area (TPSA) is 29.1 Å². The van der Waals surface area contributed by atoms with Crippen LogP contribution < -0.4 is 5.32 Å². The lowest BCUT2D eigenvalue weighted by atomic mass is 9.85. The van der Waals surface area contributed by atoms with Gasteiger partial charge in [0.05, 0.1) is 5.56 Å². The van der Waals surface area contributed by atoms with Crippen molar-refractivity contribution in [2.24, 2.45) is 17.8 Å². The van der Waals surface area contributed by atoms with Gasteiger partial charge in [-0.1, -0.05) is 27.7 Å². The highest BCUT2D eigenvalue weighted by atomic mass is 19.1. The minimum absolute atomic E-state index is 0.118. The molecule has 106 valence electrons. The van der Waals surface area contributed by atoms with E-state index in [1.165, 1.54) is 6.07 Å². The monoisotopic (exact) mass is 269 g/mol. The summed E-state index contributed by atoms with van der Waals surface area (Å²) in [6, 6.07) is 2.97. The Morgan fingerprint density at radius 1 is 1.16 bits per heavy atom. The van der Waals surface area contributed by atoms with Crippen LogP contribution in [0.1, 0.15) is 38.1 Å². The number of hydrogen-bond acceptors (Lipinski definition) is 1. The molecule has 0 aliphatic heterocycles. The van der Waals surface area contributed by atoms with E-state index < -0.39 is 17.5 Å². The van der Waals surface area contributed by atoms with Gasteiger partial charge in [0.25, 0.3) is 5.91 Å². The molecule has 0 spiro atoms. The molecule has 0 fully saturated rings. The SMILES string of the molecule is CC(C)C(CNC(=O)c1ccc(F)cc1F)C(C)C. The zero-order valence-electron chi connectivity index (χ0n) is 11.8. The molecule has 4 heteroatoms. The van der Waals surface area contributed by atoms with Crippen molar-refractivity contribution in [2.45, 2.75) is 27.7 Å². The first kappa shape index (κ1) is 15.6. The predicted molar refractivity (Wildman–Crippen MR) is 71.9 cm³/mol. The van der Waals surface area contributed by atoms with E-state index in [0.717, 1.165) is 12.1 Å². The highest BCUT2D eigenvalue weighted by molar-refractivity contribution is 5.94. The highest BCUT2D eigenvalue weighted by Gasteiger charge is 2.19. The van der Waals surface area contributed by atoms with Crippen LogP contribution in [0.5, 0.6) is 0 Å². The smallest absolute Gasteiger partial charge is 0.254 e. The van der Waals surface area contributed by atoms with Crippen LogP contribution in [0.4, 0.5) is 8.78 Å². The molecule has 0 aromatic heterocycles. The maximum absolute atomic E-state index is 13.4. The molecule has 0 aliphatic carbocycles. The van der Waals surface area contributed by atoms with E-state index in [1.54, 1.807) is 0 Å². The van der Waals surface area contributed by atoms with Gasteiger partial charge in [-0.25, -0.2) is 8.78 Å². The highest BCUT2D eigenvalue weighted by Crippen LogP contribution is 2.19. The Hall–Kier alpha value is -1.45. The number of nitrogens with one attached hydrogen (secondary N) is 1. The van der Waals surface area contributed by atoms with Gasteiger partial charge in [-0.2, -0.15) is 0 Å². The van der Waals surface area contributed by atoms with E-state index in [0.29, 0.717) is 24.3 Å². The van der Waals surface area contributed by atoms with Crippen LogP contribution in [0.2, 0.25) is 0 Å². The fourth-order valence-corrected chi connectivity index (χ4v) is 2.22. The maximum atomic E-state index is 13.4. The molecule has 1 amide bonds. The van der Waals surface area contributed by atoms with Gasteiger partial charge in [-0.05, 0) is 29.9 Å². The molecule has 2 nitrogen and oxygen atoms in total. The maximum Gasteiger partial charge on any atom is 0.254 e. The first-order valence-corrected chi connectivity index (χ1v) is 6.56. The molecule has 0 unspecified atom stereocenters. The summed E-state index contributed by atoms with van der Waals surface area (Å²) < 4.78 is 26.2. The molecule has 1 rings (SSSR count). The quantitative estimate of drug-likeness (QED) is 0.869. The molecule has 0 heterocycles. The van der Waals surface area contributed by atoms with Crippen molar-refractivity contribution in [1.82, 2.24) is 5.32 Å². The van der Waals surface area contributed by atoms with Gasteiger partial charge < -0.3 is 5.32 Å². The van der Waals surface area contributed by atoms with E-state index in [4.69, 9.17) is 0 Å². The Morgan fingerprint density at radius 2 is 1.74 bits per heavy atom. The second-order valence-corrected chi connectivity index (χ2v) is 5.49. The van der Waals surface area contributed by atoms with Crippen molar-refractivity contribution in [3.63, 3.8) is 0 Å². The van der Waals surface area contributed by atoms with Gasteiger partial charge in [-0.15, -0.1) is 0 Å². The van der Waals surface area contributed by atoms with Crippen molar-refractivity contribution >= 4 is 5.91 Å². The Morgan fingerprint density at radius 3 is 2.21 bits per heavy atom. The van der Waals surface area contributed by atoms with Gasteiger partial charge in [0.1, 0.15) is 11.6 Å². The minimum Gasteiger partial charge on any atom is -0.352 e. The number of halogens is 2. The summed E-state index contributed by atoms with van der Waals surface area (Å²) in [6.07, 6.45) is 0. The van der Waals surface area contributed by atoms with Crippen molar-refractivity contribution in [3.05, 3.63) is 35.4 Å². The van der Waals surface area contributed by atoms with Crippen molar-refractivity contribution < 1.29 is 13.6 Å². The minimum atomic E-state index is -0.830. The molecule has 0 saturated heterocycles. The first-order chi connectivity index (χ1) is 8.82. The Kier molecular flexibility index (Phi) is 5.45. The lowest BCUT2D eigenvalue weighted by Crippen LogP contribution is -2.34.